The number of rotatable bonds is 2. The molecule has 1 amide bonds. The van der Waals surface area contributed by atoms with E-state index >= 15 is 0 Å². The van der Waals surface area contributed by atoms with Crippen molar-refractivity contribution in [3.63, 3.8) is 0 Å². The summed E-state index contributed by atoms with van der Waals surface area (Å²) in [4.78, 5) is 18.8. The van der Waals surface area contributed by atoms with Gasteiger partial charge in [-0.2, -0.15) is 11.3 Å². The number of nitrogens with zero attached hydrogens (tertiary/aromatic N) is 2. The molecule has 2 aromatic rings. The molecule has 1 aliphatic rings. The first-order chi connectivity index (χ1) is 10.1. The number of aliphatic hydroxyl groups is 1. The Bertz CT molecular complexity index is 619. The molecule has 6 heteroatoms. The number of hydrogen-bond donors (Lipinski definition) is 1. The van der Waals surface area contributed by atoms with Crippen molar-refractivity contribution in [1.29, 1.82) is 0 Å². The Morgan fingerprint density at radius 3 is 3.00 bits per heavy atom. The Balaban J connectivity index is 1.73. The summed E-state index contributed by atoms with van der Waals surface area (Å²) in [5, 5.41) is 16.9. The molecule has 1 aliphatic heterocycles. The quantitative estimate of drug-likeness (QED) is 0.923. The van der Waals surface area contributed by atoms with Crippen LogP contribution < -0.4 is 0 Å². The molecule has 0 saturated carbocycles. The number of amides is 1. The lowest BCUT2D eigenvalue weighted by Gasteiger charge is -2.22. The van der Waals surface area contributed by atoms with E-state index in [9.17, 15) is 9.90 Å². The Labute approximate surface area is 132 Å². The lowest BCUT2D eigenvalue weighted by molar-refractivity contribution is 0.0437. The number of carbonyl (C=O) groups excluding carboxylic acids is 1. The zero-order valence-electron chi connectivity index (χ0n) is 11.9. The summed E-state index contributed by atoms with van der Waals surface area (Å²) in [6.07, 6.45) is 2.20. The fourth-order valence-electron chi connectivity index (χ4n) is 2.52. The lowest BCUT2D eigenvalue weighted by atomic mass is 9.98. The van der Waals surface area contributed by atoms with Crippen LogP contribution >= 0.6 is 22.7 Å². The van der Waals surface area contributed by atoms with Crippen LogP contribution in [0.5, 0.6) is 0 Å². The summed E-state index contributed by atoms with van der Waals surface area (Å²) in [6.45, 7) is 3.13. The predicted octanol–water partition coefficient (Wildman–Crippen LogP) is 3.25. The molecular weight excluding hydrogens is 304 g/mol. The molecule has 3 rings (SSSR count). The molecule has 0 aromatic carbocycles. The van der Waals surface area contributed by atoms with Gasteiger partial charge < -0.3 is 10.0 Å². The molecule has 1 fully saturated rings. The van der Waals surface area contributed by atoms with Gasteiger partial charge in [0.05, 0.1) is 5.60 Å². The summed E-state index contributed by atoms with van der Waals surface area (Å²) >= 11 is 3.13. The highest BCUT2D eigenvalue weighted by atomic mass is 32.1. The molecule has 112 valence electrons. The zero-order chi connectivity index (χ0) is 14.9. The van der Waals surface area contributed by atoms with Crippen LogP contribution in [0.2, 0.25) is 0 Å². The third-order valence-electron chi connectivity index (χ3n) is 3.84. The molecule has 4 nitrogen and oxygen atoms in total. The van der Waals surface area contributed by atoms with Crippen molar-refractivity contribution in [3.8, 4) is 10.6 Å². The average molecular weight is 322 g/mol. The molecule has 1 atom stereocenters. The van der Waals surface area contributed by atoms with Crippen molar-refractivity contribution in [3.05, 3.63) is 27.9 Å². The van der Waals surface area contributed by atoms with Gasteiger partial charge in [-0.25, -0.2) is 4.98 Å². The largest absolute Gasteiger partial charge is 0.390 e. The van der Waals surface area contributed by atoms with Crippen molar-refractivity contribution >= 4 is 28.6 Å². The maximum atomic E-state index is 12.5. The Morgan fingerprint density at radius 2 is 2.24 bits per heavy atom. The van der Waals surface area contributed by atoms with Crippen molar-refractivity contribution in [1.82, 2.24) is 9.88 Å². The van der Waals surface area contributed by atoms with Crippen LogP contribution in [0.3, 0.4) is 0 Å². The van der Waals surface area contributed by atoms with Gasteiger partial charge >= 0.3 is 0 Å². The van der Waals surface area contributed by atoms with Crippen molar-refractivity contribution in [2.45, 2.75) is 31.8 Å². The first kappa shape index (κ1) is 14.7. The van der Waals surface area contributed by atoms with Crippen LogP contribution in [-0.4, -0.2) is 39.6 Å². The Hall–Kier alpha value is -1.24. The molecule has 2 aromatic heterocycles. The molecule has 1 unspecified atom stereocenters. The second kappa shape index (κ2) is 5.87. The normalized spacial score (nSPS) is 23.0. The van der Waals surface area contributed by atoms with E-state index in [4.69, 9.17) is 0 Å². The highest BCUT2D eigenvalue weighted by Gasteiger charge is 2.28. The van der Waals surface area contributed by atoms with E-state index in [2.05, 4.69) is 4.98 Å². The number of thiophene rings is 1. The first-order valence-electron chi connectivity index (χ1n) is 7.05. The van der Waals surface area contributed by atoms with Crippen LogP contribution in [-0.2, 0) is 0 Å². The highest BCUT2D eigenvalue weighted by Crippen LogP contribution is 2.27. The third-order valence-corrected chi connectivity index (χ3v) is 5.42. The van der Waals surface area contributed by atoms with Gasteiger partial charge in [-0.3, -0.25) is 4.79 Å². The van der Waals surface area contributed by atoms with E-state index in [1.807, 2.05) is 34.0 Å². The molecule has 0 radical (unpaired) electrons. The lowest BCUT2D eigenvalue weighted by Crippen LogP contribution is -2.33. The van der Waals surface area contributed by atoms with E-state index in [1.54, 1.807) is 11.3 Å². The minimum atomic E-state index is -0.654. The minimum Gasteiger partial charge on any atom is -0.390 e. The number of likely N-dealkylation sites (tertiary alicyclic amines) is 1. The summed E-state index contributed by atoms with van der Waals surface area (Å²) in [5.41, 5.74) is 0.935. The maximum absolute atomic E-state index is 12.5. The maximum Gasteiger partial charge on any atom is 0.273 e. The number of aromatic nitrogens is 1. The van der Waals surface area contributed by atoms with E-state index in [0.717, 1.165) is 23.4 Å². The van der Waals surface area contributed by atoms with E-state index in [-0.39, 0.29) is 5.91 Å². The smallest absolute Gasteiger partial charge is 0.273 e. The fraction of sp³-hybridized carbons (Fsp3) is 0.467. The highest BCUT2D eigenvalue weighted by molar-refractivity contribution is 7.14. The summed E-state index contributed by atoms with van der Waals surface area (Å²) in [7, 11) is 0. The molecular formula is C15H18N2O2S2. The SMILES string of the molecule is CC1(O)CCCN(C(=O)c2csc(-c3ccsc3)n2)CC1. The van der Waals surface area contributed by atoms with Crippen LogP contribution in [0.1, 0.15) is 36.7 Å². The van der Waals surface area contributed by atoms with Crippen molar-refractivity contribution in [2.75, 3.05) is 13.1 Å². The topological polar surface area (TPSA) is 53.4 Å². The van der Waals surface area contributed by atoms with Gasteiger partial charge in [0.1, 0.15) is 10.7 Å². The van der Waals surface area contributed by atoms with Gasteiger partial charge in [0.15, 0.2) is 0 Å². The van der Waals surface area contributed by atoms with Gasteiger partial charge in [0, 0.05) is 29.4 Å². The van der Waals surface area contributed by atoms with Crippen LogP contribution in [0.4, 0.5) is 0 Å². The predicted molar refractivity (Wildman–Crippen MR) is 85.8 cm³/mol. The molecule has 1 saturated heterocycles. The van der Waals surface area contributed by atoms with Gasteiger partial charge in [-0.1, -0.05) is 0 Å². The molecule has 1 N–H and O–H groups in total. The summed E-state index contributed by atoms with van der Waals surface area (Å²) < 4.78 is 0. The summed E-state index contributed by atoms with van der Waals surface area (Å²) in [6, 6.07) is 2.01. The number of hydrogen-bond acceptors (Lipinski definition) is 5. The van der Waals surface area contributed by atoms with Gasteiger partial charge in [-0.05, 0) is 37.6 Å². The zero-order valence-corrected chi connectivity index (χ0v) is 13.5. The average Bonchev–Trinajstić information content (AvgIpc) is 3.08. The van der Waals surface area contributed by atoms with Crippen molar-refractivity contribution in [2.24, 2.45) is 0 Å². The van der Waals surface area contributed by atoms with Crippen LogP contribution in [0, 0.1) is 0 Å². The van der Waals surface area contributed by atoms with E-state index in [0.29, 0.717) is 25.2 Å². The Kier molecular flexibility index (Phi) is 4.10. The van der Waals surface area contributed by atoms with Crippen molar-refractivity contribution < 1.29 is 9.90 Å². The second-order valence-electron chi connectivity index (χ2n) is 5.69. The second-order valence-corrected chi connectivity index (χ2v) is 7.33. The fourth-order valence-corrected chi connectivity index (χ4v) is 4.03. The number of carbonyl (C=O) groups is 1. The summed E-state index contributed by atoms with van der Waals surface area (Å²) in [5.74, 6) is -0.0228. The molecule has 0 bridgehead atoms. The van der Waals surface area contributed by atoms with Gasteiger partial charge in [-0.15, -0.1) is 11.3 Å². The van der Waals surface area contributed by atoms with E-state index < -0.39 is 5.60 Å². The standard InChI is InChI=1S/C15H18N2O2S2/c1-15(19)4-2-6-17(7-5-15)14(18)12-10-21-13(16-12)11-3-8-20-9-11/h3,8-10,19H,2,4-7H2,1H3. The van der Waals surface area contributed by atoms with Gasteiger partial charge in [0.25, 0.3) is 5.91 Å². The molecule has 0 spiro atoms. The molecule has 21 heavy (non-hydrogen) atoms. The number of thiazole rings is 1. The van der Waals surface area contributed by atoms with E-state index in [1.165, 1.54) is 11.3 Å². The molecule has 0 aliphatic carbocycles. The Morgan fingerprint density at radius 1 is 1.38 bits per heavy atom. The minimum absolute atomic E-state index is 0.0228. The first-order valence-corrected chi connectivity index (χ1v) is 8.87. The monoisotopic (exact) mass is 322 g/mol. The third kappa shape index (κ3) is 3.33. The van der Waals surface area contributed by atoms with Crippen LogP contribution in [0.15, 0.2) is 22.2 Å². The molecule has 3 heterocycles. The van der Waals surface area contributed by atoms with Gasteiger partial charge in [0.2, 0.25) is 0 Å². The van der Waals surface area contributed by atoms with Crippen LogP contribution in [0.25, 0.3) is 10.6 Å².